The van der Waals surface area contributed by atoms with Gasteiger partial charge in [-0.1, -0.05) is 25.7 Å². The highest BCUT2D eigenvalue weighted by atomic mass is 16.4. The van der Waals surface area contributed by atoms with Gasteiger partial charge in [-0.15, -0.1) is 0 Å². The molecular weight excluding hydrogens is 244 g/mol. The van der Waals surface area contributed by atoms with Crippen LogP contribution in [0.2, 0.25) is 0 Å². The van der Waals surface area contributed by atoms with Crippen LogP contribution < -0.4 is 5.32 Å². The molecule has 0 unspecified atom stereocenters. The number of hydrogen-bond donors (Lipinski definition) is 2. The van der Waals surface area contributed by atoms with Crippen molar-refractivity contribution in [3.8, 4) is 0 Å². The molecule has 1 aliphatic carbocycles. The predicted molar refractivity (Wildman–Crippen MR) is 70.2 cm³/mol. The molecule has 1 saturated carbocycles. The zero-order chi connectivity index (χ0) is 13.7. The van der Waals surface area contributed by atoms with Crippen molar-refractivity contribution in [1.82, 2.24) is 10.3 Å². The van der Waals surface area contributed by atoms with Crippen LogP contribution in [0.3, 0.4) is 0 Å². The summed E-state index contributed by atoms with van der Waals surface area (Å²) in [5, 5.41) is 11.8. The number of carboxylic acid groups (broad SMARTS) is 1. The van der Waals surface area contributed by atoms with Gasteiger partial charge < -0.3 is 10.4 Å². The number of rotatable bonds is 3. The Hall–Kier alpha value is -1.91. The number of carboxylic acids is 1. The first kappa shape index (κ1) is 13.5. The average molecular weight is 262 g/mol. The first-order valence-corrected chi connectivity index (χ1v) is 6.66. The largest absolute Gasteiger partial charge is 0.478 e. The van der Waals surface area contributed by atoms with Gasteiger partial charge in [-0.05, 0) is 18.9 Å². The monoisotopic (exact) mass is 262 g/mol. The topological polar surface area (TPSA) is 79.3 Å². The fourth-order valence-corrected chi connectivity index (χ4v) is 2.37. The Labute approximate surface area is 112 Å². The molecule has 0 radical (unpaired) electrons. The number of aromatic carboxylic acids is 1. The second-order valence-electron chi connectivity index (χ2n) is 4.93. The summed E-state index contributed by atoms with van der Waals surface area (Å²) >= 11 is 0. The van der Waals surface area contributed by atoms with E-state index in [0.29, 0.717) is 5.56 Å². The number of aromatic nitrogens is 1. The van der Waals surface area contributed by atoms with Crippen molar-refractivity contribution < 1.29 is 14.7 Å². The van der Waals surface area contributed by atoms with Crippen LogP contribution >= 0.6 is 0 Å². The Morgan fingerprint density at radius 1 is 1.11 bits per heavy atom. The van der Waals surface area contributed by atoms with E-state index in [0.717, 1.165) is 25.7 Å². The highest BCUT2D eigenvalue weighted by Gasteiger charge is 2.16. The molecule has 1 fully saturated rings. The molecule has 5 heteroatoms. The van der Waals surface area contributed by atoms with Crippen LogP contribution in [0.15, 0.2) is 18.5 Å². The van der Waals surface area contributed by atoms with Gasteiger partial charge in [-0.25, -0.2) is 4.79 Å². The van der Waals surface area contributed by atoms with Crippen LogP contribution in [-0.4, -0.2) is 28.0 Å². The van der Waals surface area contributed by atoms with E-state index in [-0.39, 0.29) is 17.5 Å². The lowest BCUT2D eigenvalue weighted by Crippen LogP contribution is -2.34. The van der Waals surface area contributed by atoms with Gasteiger partial charge in [0.25, 0.3) is 5.91 Å². The van der Waals surface area contributed by atoms with Gasteiger partial charge in [0.1, 0.15) is 0 Å². The maximum atomic E-state index is 12.1. The van der Waals surface area contributed by atoms with Gasteiger partial charge in [0.2, 0.25) is 0 Å². The summed E-state index contributed by atoms with van der Waals surface area (Å²) in [5.41, 5.74) is 0.345. The number of carbonyl (C=O) groups excluding carboxylic acids is 1. The molecule has 0 bridgehead atoms. The maximum Gasteiger partial charge on any atom is 0.337 e. The van der Waals surface area contributed by atoms with Crippen LogP contribution in [0.4, 0.5) is 0 Å². The van der Waals surface area contributed by atoms with Crippen LogP contribution in [0, 0.1) is 0 Å². The van der Waals surface area contributed by atoms with Crippen LogP contribution in [0.25, 0.3) is 0 Å². The van der Waals surface area contributed by atoms with Crippen LogP contribution in [0.1, 0.15) is 59.2 Å². The van der Waals surface area contributed by atoms with Gasteiger partial charge in [0, 0.05) is 18.4 Å². The third-order valence-corrected chi connectivity index (χ3v) is 3.44. The van der Waals surface area contributed by atoms with E-state index in [4.69, 9.17) is 5.11 Å². The van der Waals surface area contributed by atoms with Crippen molar-refractivity contribution in [2.24, 2.45) is 0 Å². The van der Waals surface area contributed by atoms with Crippen molar-refractivity contribution in [3.05, 3.63) is 29.6 Å². The molecule has 2 rings (SSSR count). The third kappa shape index (κ3) is 3.77. The molecule has 0 aliphatic heterocycles. The quantitative estimate of drug-likeness (QED) is 0.819. The standard InChI is InChI=1S/C14H18N2O3/c17-13(16-12-5-3-1-2-4-6-12)10-7-11(14(18)19)9-15-8-10/h7-9,12H,1-6H2,(H,16,17)(H,18,19). The molecule has 0 atom stereocenters. The van der Waals surface area contributed by atoms with E-state index in [2.05, 4.69) is 10.3 Å². The molecule has 102 valence electrons. The molecule has 0 saturated heterocycles. The predicted octanol–water partition coefficient (Wildman–Crippen LogP) is 2.23. The Morgan fingerprint density at radius 3 is 2.37 bits per heavy atom. The van der Waals surface area contributed by atoms with Crippen molar-refractivity contribution >= 4 is 11.9 Å². The van der Waals surface area contributed by atoms with Crippen molar-refractivity contribution in [3.63, 3.8) is 0 Å². The molecule has 5 nitrogen and oxygen atoms in total. The molecule has 1 amide bonds. The molecule has 0 spiro atoms. The molecular formula is C14H18N2O3. The second-order valence-corrected chi connectivity index (χ2v) is 4.93. The Morgan fingerprint density at radius 2 is 1.74 bits per heavy atom. The molecule has 1 aromatic heterocycles. The number of amides is 1. The van der Waals surface area contributed by atoms with Crippen molar-refractivity contribution in [2.45, 2.75) is 44.6 Å². The Balaban J connectivity index is 2.02. The number of pyridine rings is 1. The summed E-state index contributed by atoms with van der Waals surface area (Å²) in [5.74, 6) is -1.31. The average Bonchev–Trinajstić information content (AvgIpc) is 2.67. The van der Waals surface area contributed by atoms with Crippen LogP contribution in [0.5, 0.6) is 0 Å². The van der Waals surface area contributed by atoms with Crippen molar-refractivity contribution in [2.75, 3.05) is 0 Å². The zero-order valence-corrected chi connectivity index (χ0v) is 10.8. The Kier molecular flexibility index (Phi) is 4.49. The smallest absolute Gasteiger partial charge is 0.337 e. The summed E-state index contributed by atoms with van der Waals surface area (Å²) in [7, 11) is 0. The molecule has 1 heterocycles. The van der Waals surface area contributed by atoms with E-state index >= 15 is 0 Å². The first-order valence-electron chi connectivity index (χ1n) is 6.66. The summed E-state index contributed by atoms with van der Waals surface area (Å²) < 4.78 is 0. The van der Waals surface area contributed by atoms with Crippen molar-refractivity contribution in [1.29, 1.82) is 0 Å². The van der Waals surface area contributed by atoms with E-state index in [1.165, 1.54) is 31.3 Å². The van der Waals surface area contributed by atoms with Gasteiger partial charge in [-0.2, -0.15) is 0 Å². The van der Waals surface area contributed by atoms with Gasteiger partial charge in [0.05, 0.1) is 11.1 Å². The summed E-state index contributed by atoms with van der Waals surface area (Å²) in [6.45, 7) is 0. The number of hydrogen-bond acceptors (Lipinski definition) is 3. The van der Waals surface area contributed by atoms with E-state index in [1.54, 1.807) is 0 Å². The SMILES string of the molecule is O=C(O)c1cncc(C(=O)NC2CCCCCC2)c1. The number of nitrogens with zero attached hydrogens (tertiary/aromatic N) is 1. The molecule has 2 N–H and O–H groups in total. The normalized spacial score (nSPS) is 16.6. The first-order chi connectivity index (χ1) is 9.16. The zero-order valence-electron chi connectivity index (χ0n) is 10.8. The molecule has 19 heavy (non-hydrogen) atoms. The molecule has 1 aromatic rings. The highest BCUT2D eigenvalue weighted by Crippen LogP contribution is 2.17. The minimum Gasteiger partial charge on any atom is -0.478 e. The van der Waals surface area contributed by atoms with Gasteiger partial charge >= 0.3 is 5.97 Å². The fraction of sp³-hybridized carbons (Fsp3) is 0.500. The fourth-order valence-electron chi connectivity index (χ4n) is 2.37. The highest BCUT2D eigenvalue weighted by molar-refractivity contribution is 5.97. The lowest BCUT2D eigenvalue weighted by molar-refractivity contribution is 0.0696. The van der Waals surface area contributed by atoms with E-state index < -0.39 is 5.97 Å². The summed E-state index contributed by atoms with van der Waals surface area (Å²) in [6.07, 6.45) is 9.36. The summed E-state index contributed by atoms with van der Waals surface area (Å²) in [4.78, 5) is 26.7. The van der Waals surface area contributed by atoms with E-state index in [1.807, 2.05) is 0 Å². The third-order valence-electron chi connectivity index (χ3n) is 3.44. The Bertz CT molecular complexity index is 466. The number of nitrogens with one attached hydrogen (secondary N) is 1. The minimum absolute atomic E-state index is 0.0357. The summed E-state index contributed by atoms with van der Waals surface area (Å²) in [6, 6.07) is 1.56. The molecule has 0 aromatic carbocycles. The molecule has 1 aliphatic rings. The maximum absolute atomic E-state index is 12.1. The van der Waals surface area contributed by atoms with E-state index in [9.17, 15) is 9.59 Å². The second kappa shape index (κ2) is 6.31. The van der Waals surface area contributed by atoms with Crippen LogP contribution in [-0.2, 0) is 0 Å². The lowest BCUT2D eigenvalue weighted by atomic mass is 10.1. The lowest BCUT2D eigenvalue weighted by Gasteiger charge is -2.16. The van der Waals surface area contributed by atoms with Gasteiger partial charge in [-0.3, -0.25) is 9.78 Å². The minimum atomic E-state index is -1.07. The number of carbonyl (C=O) groups is 2. The van der Waals surface area contributed by atoms with Gasteiger partial charge in [0.15, 0.2) is 0 Å².